The number of pyridine rings is 1. The van der Waals surface area contributed by atoms with Crippen molar-refractivity contribution in [3.63, 3.8) is 0 Å². The lowest BCUT2D eigenvalue weighted by Crippen LogP contribution is -2.06. The fraction of sp³-hybridized carbons (Fsp3) is 0. The van der Waals surface area contributed by atoms with Crippen molar-refractivity contribution in [2.45, 2.75) is 0 Å². The molecule has 1 aromatic heterocycles. The van der Waals surface area contributed by atoms with Gasteiger partial charge in [-0.3, -0.25) is 5.21 Å². The second-order valence-corrected chi connectivity index (χ2v) is 3.04. The minimum atomic E-state index is -0.251. The minimum absolute atomic E-state index is 0.0559. The third kappa shape index (κ3) is 2.47. The topological polar surface area (TPSA) is 68.7 Å². The van der Waals surface area contributed by atoms with E-state index in [2.05, 4.69) is 4.98 Å². The molecule has 0 amide bonds. The third-order valence-electron chi connectivity index (χ3n) is 1.91. The highest BCUT2D eigenvalue weighted by molar-refractivity contribution is 5.43. The van der Waals surface area contributed by atoms with Crippen LogP contribution in [0.3, 0.4) is 0 Å². The fourth-order valence-corrected chi connectivity index (χ4v) is 1.16. The van der Waals surface area contributed by atoms with Crippen molar-refractivity contribution in [2.75, 3.05) is 5.23 Å². The number of ether oxygens (including phenoxy) is 1. The second-order valence-electron chi connectivity index (χ2n) is 3.04. The van der Waals surface area contributed by atoms with Crippen molar-refractivity contribution >= 4 is 5.69 Å². The van der Waals surface area contributed by atoms with Gasteiger partial charge in [-0.2, -0.15) is 0 Å². The quantitative estimate of drug-likeness (QED) is 0.800. The van der Waals surface area contributed by atoms with Gasteiger partial charge in [0.05, 0.1) is 11.9 Å². The van der Waals surface area contributed by atoms with Crippen molar-refractivity contribution in [3.05, 3.63) is 53.9 Å². The summed E-state index contributed by atoms with van der Waals surface area (Å²) in [6.45, 7) is 0. The van der Waals surface area contributed by atoms with Crippen LogP contribution < -0.4 is 9.96 Å². The first kappa shape index (κ1) is 10.4. The number of benzene rings is 1. The molecule has 0 radical (unpaired) electrons. The van der Waals surface area contributed by atoms with E-state index in [0.717, 1.165) is 0 Å². The van der Waals surface area contributed by atoms with Crippen LogP contribution in [0, 0.1) is 5.21 Å². The Kier molecular flexibility index (Phi) is 3.00. The molecule has 2 aromatic rings. The predicted molar refractivity (Wildman–Crippen MR) is 58.4 cm³/mol. The van der Waals surface area contributed by atoms with Crippen LogP contribution in [0.1, 0.15) is 0 Å². The lowest BCUT2D eigenvalue weighted by Gasteiger charge is -2.20. The second kappa shape index (κ2) is 4.61. The van der Waals surface area contributed by atoms with E-state index in [-0.39, 0.29) is 10.9 Å². The Morgan fingerprint density at radius 3 is 2.44 bits per heavy atom. The van der Waals surface area contributed by atoms with Gasteiger partial charge in [0.15, 0.2) is 0 Å². The van der Waals surface area contributed by atoms with Gasteiger partial charge in [0, 0.05) is 6.07 Å². The van der Waals surface area contributed by atoms with Gasteiger partial charge >= 0.3 is 0 Å². The van der Waals surface area contributed by atoms with E-state index in [4.69, 9.17) is 9.94 Å². The van der Waals surface area contributed by atoms with Crippen LogP contribution in [0.2, 0.25) is 0 Å². The molecule has 0 fully saturated rings. The Labute approximate surface area is 92.1 Å². The van der Waals surface area contributed by atoms with E-state index in [1.54, 1.807) is 12.1 Å². The molecule has 2 rings (SSSR count). The van der Waals surface area contributed by atoms with Crippen LogP contribution in [0.4, 0.5) is 5.69 Å². The van der Waals surface area contributed by atoms with Crippen LogP contribution in [0.25, 0.3) is 0 Å². The largest absolute Gasteiger partial charge is 0.733 e. The van der Waals surface area contributed by atoms with E-state index >= 15 is 0 Å². The summed E-state index contributed by atoms with van der Waals surface area (Å²) in [5.74, 6) is 1.02. The highest BCUT2D eigenvalue weighted by Gasteiger charge is 1.98. The summed E-state index contributed by atoms with van der Waals surface area (Å²) in [4.78, 5) is 3.87. The summed E-state index contributed by atoms with van der Waals surface area (Å²) in [7, 11) is 0. The summed E-state index contributed by atoms with van der Waals surface area (Å²) in [6.07, 6.45) is 1.23. The zero-order chi connectivity index (χ0) is 11.4. The van der Waals surface area contributed by atoms with Gasteiger partial charge < -0.3 is 15.2 Å². The first-order valence-electron chi connectivity index (χ1n) is 4.61. The molecule has 16 heavy (non-hydrogen) atoms. The highest BCUT2D eigenvalue weighted by atomic mass is 16.8. The molecule has 0 bridgehead atoms. The maximum Gasteiger partial charge on any atom is 0.219 e. The van der Waals surface area contributed by atoms with Gasteiger partial charge in [-0.05, 0) is 18.2 Å². The number of para-hydroxylation sites is 1. The monoisotopic (exact) mass is 217 g/mol. The molecule has 82 valence electrons. The normalized spacial score (nSPS) is 9.88. The van der Waals surface area contributed by atoms with Gasteiger partial charge in [0.25, 0.3) is 0 Å². The van der Waals surface area contributed by atoms with Crippen LogP contribution in [0.15, 0.2) is 48.7 Å². The Balaban J connectivity index is 2.11. The first-order chi connectivity index (χ1) is 7.75. The lowest BCUT2D eigenvalue weighted by molar-refractivity contribution is 0.296. The van der Waals surface area contributed by atoms with Crippen molar-refractivity contribution in [1.82, 2.24) is 4.98 Å². The molecule has 5 nitrogen and oxygen atoms in total. The lowest BCUT2D eigenvalue weighted by atomic mass is 10.3. The van der Waals surface area contributed by atoms with Crippen molar-refractivity contribution in [3.8, 4) is 11.6 Å². The molecule has 5 heteroatoms. The average molecular weight is 217 g/mol. The van der Waals surface area contributed by atoms with Crippen LogP contribution >= 0.6 is 0 Å². The number of hydrogen-bond acceptors (Lipinski definition) is 5. The van der Waals surface area contributed by atoms with Crippen LogP contribution in [-0.4, -0.2) is 10.2 Å². The maximum absolute atomic E-state index is 10.5. The number of hydrogen-bond donors (Lipinski definition) is 1. The molecular formula is C11H9N2O3-. The number of anilines is 1. The number of rotatable bonds is 3. The zero-order valence-corrected chi connectivity index (χ0v) is 8.28. The third-order valence-corrected chi connectivity index (χ3v) is 1.91. The minimum Gasteiger partial charge on any atom is -0.733 e. The first-order valence-corrected chi connectivity index (χ1v) is 4.61. The molecule has 0 spiro atoms. The van der Waals surface area contributed by atoms with Gasteiger partial charge in [-0.1, -0.05) is 18.2 Å². The fourth-order valence-electron chi connectivity index (χ4n) is 1.16. The summed E-state index contributed by atoms with van der Waals surface area (Å²) < 4.78 is 5.40. The smallest absolute Gasteiger partial charge is 0.219 e. The standard InChI is InChI=1S/C11H9N2O3/c14-13(15)9-6-7-11(12-8-9)16-10-4-2-1-3-5-10/h1-8,14H/q-1. The Morgan fingerprint density at radius 1 is 1.12 bits per heavy atom. The van der Waals surface area contributed by atoms with Crippen molar-refractivity contribution in [2.24, 2.45) is 0 Å². The van der Waals surface area contributed by atoms with E-state index < -0.39 is 0 Å². The Hall–Kier alpha value is -2.11. The summed E-state index contributed by atoms with van der Waals surface area (Å²) >= 11 is 0. The van der Waals surface area contributed by atoms with Gasteiger partial charge in [0.1, 0.15) is 5.75 Å². The molecule has 0 saturated carbocycles. The summed E-state index contributed by atoms with van der Waals surface area (Å²) in [5.41, 5.74) is 0.0559. The number of nitrogens with zero attached hydrogens (tertiary/aromatic N) is 2. The Morgan fingerprint density at radius 2 is 1.88 bits per heavy atom. The molecule has 1 N–H and O–H groups in total. The summed E-state index contributed by atoms with van der Waals surface area (Å²) in [5, 5.41) is 18.9. The van der Waals surface area contributed by atoms with E-state index in [1.165, 1.54) is 18.3 Å². The molecule has 0 aliphatic carbocycles. The van der Waals surface area contributed by atoms with Crippen LogP contribution in [0.5, 0.6) is 11.6 Å². The maximum atomic E-state index is 10.5. The number of aromatic nitrogens is 1. The predicted octanol–water partition coefficient (Wildman–Crippen LogP) is 2.57. The van der Waals surface area contributed by atoms with Gasteiger partial charge in [0.2, 0.25) is 5.88 Å². The molecule has 0 aliphatic rings. The van der Waals surface area contributed by atoms with Crippen molar-refractivity contribution in [1.29, 1.82) is 0 Å². The van der Waals surface area contributed by atoms with Gasteiger partial charge in [-0.15, -0.1) is 0 Å². The highest BCUT2D eigenvalue weighted by Crippen LogP contribution is 2.20. The van der Waals surface area contributed by atoms with E-state index in [9.17, 15) is 5.21 Å². The molecule has 1 aromatic carbocycles. The van der Waals surface area contributed by atoms with Gasteiger partial charge in [-0.25, -0.2) is 4.98 Å². The van der Waals surface area contributed by atoms with E-state index in [1.807, 2.05) is 18.2 Å². The molecule has 0 saturated heterocycles. The van der Waals surface area contributed by atoms with Crippen molar-refractivity contribution < 1.29 is 9.94 Å². The molecule has 0 unspecified atom stereocenters. The molecule has 0 atom stereocenters. The molecule has 1 heterocycles. The summed E-state index contributed by atoms with van der Waals surface area (Å²) in [6, 6.07) is 12.1. The van der Waals surface area contributed by atoms with Crippen LogP contribution in [-0.2, 0) is 0 Å². The Bertz CT molecular complexity index is 443. The molecule has 0 aliphatic heterocycles. The SMILES string of the molecule is [O-]N(O)c1ccc(Oc2ccccc2)nc1. The molecular weight excluding hydrogens is 208 g/mol. The average Bonchev–Trinajstić information content (AvgIpc) is 2.31. The van der Waals surface area contributed by atoms with E-state index in [0.29, 0.717) is 11.6 Å². The zero-order valence-electron chi connectivity index (χ0n) is 8.28.